The molecule has 0 N–H and O–H groups in total. The third-order valence-electron chi connectivity index (χ3n) is 5.10. The molecule has 0 bridgehead atoms. The number of aromatic nitrogens is 6. The van der Waals surface area contributed by atoms with Crippen molar-refractivity contribution >= 4 is 22.9 Å². The van der Waals surface area contributed by atoms with Crippen molar-refractivity contribution in [2.75, 3.05) is 32.2 Å². The first-order chi connectivity index (χ1) is 14.8. The smallest absolute Gasteiger partial charge is 0.396 e. The monoisotopic (exact) mass is 457 g/mol. The number of halogens is 4. The first-order valence-electron chi connectivity index (χ1n) is 9.46. The number of piperidine rings is 1. The number of methoxy groups -OCH3 is 2. The molecule has 0 spiro atoms. The summed E-state index contributed by atoms with van der Waals surface area (Å²) in [5.41, 5.74) is 0.698. The van der Waals surface area contributed by atoms with Crippen LogP contribution in [0.15, 0.2) is 12.3 Å². The minimum atomic E-state index is -4.41. The number of alkyl halides is 3. The van der Waals surface area contributed by atoms with Gasteiger partial charge in [0.15, 0.2) is 11.5 Å². The molecule has 1 fully saturated rings. The summed E-state index contributed by atoms with van der Waals surface area (Å²) in [5, 5.41) is 11.7. The van der Waals surface area contributed by atoms with E-state index < -0.39 is 12.6 Å². The summed E-state index contributed by atoms with van der Waals surface area (Å²) in [6.07, 6.45) is -2.72. The quantitative estimate of drug-likeness (QED) is 0.577. The molecule has 166 valence electrons. The molecule has 0 aromatic carbocycles. The normalized spacial score (nSPS) is 15.5. The second-order valence-electron chi connectivity index (χ2n) is 7.06. The fourth-order valence-corrected chi connectivity index (χ4v) is 3.84. The van der Waals surface area contributed by atoms with Gasteiger partial charge >= 0.3 is 6.18 Å². The van der Waals surface area contributed by atoms with Gasteiger partial charge in [0, 0.05) is 19.0 Å². The van der Waals surface area contributed by atoms with Gasteiger partial charge in [0.2, 0.25) is 11.8 Å². The predicted molar refractivity (Wildman–Crippen MR) is 105 cm³/mol. The van der Waals surface area contributed by atoms with Crippen LogP contribution in [-0.4, -0.2) is 63.3 Å². The Morgan fingerprint density at radius 1 is 1.10 bits per heavy atom. The Kier molecular flexibility index (Phi) is 5.73. The zero-order valence-electron chi connectivity index (χ0n) is 16.7. The maximum Gasteiger partial charge on any atom is 0.396 e. The minimum absolute atomic E-state index is 0.0985. The lowest BCUT2D eigenvalue weighted by Crippen LogP contribution is -2.34. The lowest BCUT2D eigenvalue weighted by molar-refractivity contribution is -0.128. The van der Waals surface area contributed by atoms with Crippen molar-refractivity contribution < 1.29 is 22.6 Å². The Morgan fingerprint density at radius 3 is 2.32 bits per heavy atom. The summed E-state index contributed by atoms with van der Waals surface area (Å²) in [4.78, 5) is 10.9. The lowest BCUT2D eigenvalue weighted by Gasteiger charge is -2.33. The Morgan fingerprint density at radius 2 is 1.74 bits per heavy atom. The van der Waals surface area contributed by atoms with Crippen LogP contribution in [0.4, 0.5) is 18.9 Å². The Balaban J connectivity index is 1.52. The molecule has 0 unspecified atom stereocenters. The van der Waals surface area contributed by atoms with Crippen LogP contribution in [-0.2, 0) is 6.42 Å². The Bertz CT molecular complexity index is 1060. The van der Waals surface area contributed by atoms with Crippen LogP contribution in [0, 0.1) is 0 Å². The van der Waals surface area contributed by atoms with E-state index in [0.29, 0.717) is 36.4 Å². The van der Waals surface area contributed by atoms with E-state index in [1.165, 1.54) is 20.4 Å². The average molecular weight is 458 g/mol. The maximum atomic E-state index is 12.7. The number of hydrogen-bond acceptors (Lipinski definition) is 8. The molecule has 1 saturated heterocycles. The molecule has 13 heteroatoms. The summed E-state index contributed by atoms with van der Waals surface area (Å²) in [6, 6.07) is 1.62. The standard InChI is InChI=1S/C18H19ClF3N7O2/c1-30-13-7-14(31-2)25-16(24-13)10-3-5-28(6-4-10)11-9-23-29-12(8-18(20,21)22)26-27-17(29)15(11)19/h7,9-10H,3-6,8H2,1-2H3. The first-order valence-corrected chi connectivity index (χ1v) is 9.84. The van der Waals surface area contributed by atoms with Crippen LogP contribution in [0.2, 0.25) is 5.02 Å². The average Bonchev–Trinajstić information content (AvgIpc) is 3.15. The molecule has 0 amide bonds. The van der Waals surface area contributed by atoms with Crippen molar-refractivity contribution in [3.8, 4) is 11.8 Å². The largest absolute Gasteiger partial charge is 0.481 e. The van der Waals surface area contributed by atoms with Gasteiger partial charge in [-0.25, -0.2) is 0 Å². The molecule has 0 aliphatic carbocycles. The molecule has 3 aromatic rings. The van der Waals surface area contributed by atoms with Crippen LogP contribution in [0.3, 0.4) is 0 Å². The molecular weight excluding hydrogens is 439 g/mol. The SMILES string of the molecule is COc1cc(OC)nc(C2CCN(c3cnn4c(CC(F)(F)F)nnc4c3Cl)CC2)n1. The number of nitrogens with zero attached hydrogens (tertiary/aromatic N) is 7. The third kappa shape index (κ3) is 4.43. The second kappa shape index (κ2) is 8.33. The zero-order chi connectivity index (χ0) is 22.2. The van der Waals surface area contributed by atoms with Gasteiger partial charge in [-0.3, -0.25) is 0 Å². The Hall–Kier alpha value is -2.89. The fraction of sp³-hybridized carbons (Fsp3) is 0.500. The molecule has 0 atom stereocenters. The number of rotatable bonds is 5. The van der Waals surface area contributed by atoms with E-state index in [1.807, 2.05) is 4.90 Å². The lowest BCUT2D eigenvalue weighted by atomic mass is 9.95. The minimum Gasteiger partial charge on any atom is -0.481 e. The number of anilines is 1. The van der Waals surface area contributed by atoms with Crippen LogP contribution >= 0.6 is 11.6 Å². The van der Waals surface area contributed by atoms with E-state index in [0.717, 1.165) is 17.4 Å². The summed E-state index contributed by atoms with van der Waals surface area (Å²) in [5.74, 6) is 1.30. The van der Waals surface area contributed by atoms with Crippen molar-refractivity contribution in [1.29, 1.82) is 0 Å². The molecule has 0 saturated carbocycles. The van der Waals surface area contributed by atoms with Gasteiger partial charge in [-0.15, -0.1) is 10.2 Å². The highest BCUT2D eigenvalue weighted by Crippen LogP contribution is 2.35. The van der Waals surface area contributed by atoms with Gasteiger partial charge in [0.25, 0.3) is 0 Å². The highest BCUT2D eigenvalue weighted by Gasteiger charge is 2.32. The van der Waals surface area contributed by atoms with Crippen LogP contribution in [0.25, 0.3) is 5.65 Å². The second-order valence-corrected chi connectivity index (χ2v) is 7.44. The molecule has 1 aliphatic rings. The fourth-order valence-electron chi connectivity index (χ4n) is 3.56. The van der Waals surface area contributed by atoms with E-state index in [4.69, 9.17) is 21.1 Å². The summed E-state index contributed by atoms with van der Waals surface area (Å²) < 4.78 is 49.6. The van der Waals surface area contributed by atoms with Gasteiger partial charge in [-0.2, -0.15) is 32.8 Å². The number of ether oxygens (including phenoxy) is 2. The zero-order valence-corrected chi connectivity index (χ0v) is 17.5. The van der Waals surface area contributed by atoms with Crippen molar-refractivity contribution in [2.45, 2.75) is 31.4 Å². The number of fused-ring (bicyclic) bond motifs is 1. The van der Waals surface area contributed by atoms with Crippen molar-refractivity contribution in [2.24, 2.45) is 0 Å². The molecule has 4 heterocycles. The van der Waals surface area contributed by atoms with E-state index in [9.17, 15) is 13.2 Å². The number of hydrogen-bond donors (Lipinski definition) is 0. The van der Waals surface area contributed by atoms with Crippen LogP contribution < -0.4 is 14.4 Å². The molecule has 0 radical (unpaired) electrons. The van der Waals surface area contributed by atoms with Gasteiger partial charge in [-0.1, -0.05) is 11.6 Å². The van der Waals surface area contributed by atoms with Crippen molar-refractivity contribution in [3.05, 3.63) is 28.9 Å². The molecule has 4 rings (SSSR count). The highest BCUT2D eigenvalue weighted by atomic mass is 35.5. The van der Waals surface area contributed by atoms with Crippen molar-refractivity contribution in [3.63, 3.8) is 0 Å². The van der Waals surface area contributed by atoms with Crippen molar-refractivity contribution in [1.82, 2.24) is 29.8 Å². The van der Waals surface area contributed by atoms with Gasteiger partial charge < -0.3 is 14.4 Å². The molecule has 3 aromatic heterocycles. The third-order valence-corrected chi connectivity index (χ3v) is 5.46. The van der Waals surface area contributed by atoms with E-state index in [-0.39, 0.29) is 22.4 Å². The maximum absolute atomic E-state index is 12.7. The van der Waals surface area contributed by atoms with Gasteiger partial charge in [-0.05, 0) is 12.8 Å². The van der Waals surface area contributed by atoms with E-state index >= 15 is 0 Å². The Labute approximate surface area is 180 Å². The molecule has 1 aliphatic heterocycles. The summed E-state index contributed by atoms with van der Waals surface area (Å²) in [7, 11) is 3.06. The summed E-state index contributed by atoms with van der Waals surface area (Å²) >= 11 is 6.45. The molecule has 31 heavy (non-hydrogen) atoms. The highest BCUT2D eigenvalue weighted by molar-refractivity contribution is 6.36. The van der Waals surface area contributed by atoms with E-state index in [2.05, 4.69) is 25.3 Å². The van der Waals surface area contributed by atoms with Gasteiger partial charge in [0.1, 0.15) is 17.3 Å². The summed E-state index contributed by atoms with van der Waals surface area (Å²) in [6.45, 7) is 1.27. The predicted octanol–water partition coefficient (Wildman–Crippen LogP) is 3.07. The van der Waals surface area contributed by atoms with Crippen LogP contribution in [0.5, 0.6) is 11.8 Å². The molecule has 9 nitrogen and oxygen atoms in total. The van der Waals surface area contributed by atoms with Gasteiger partial charge in [0.05, 0.1) is 32.2 Å². The van der Waals surface area contributed by atoms with Crippen LogP contribution in [0.1, 0.15) is 30.4 Å². The molecular formula is C18H19ClF3N7O2. The van der Waals surface area contributed by atoms with E-state index in [1.54, 1.807) is 6.07 Å². The first kappa shape index (κ1) is 21.3. The topological polar surface area (TPSA) is 90.6 Å².